The van der Waals surface area contributed by atoms with Crippen LogP contribution in [0.4, 0.5) is 10.1 Å². The molecule has 0 amide bonds. The lowest BCUT2D eigenvalue weighted by atomic mass is 10.3. The molecule has 0 saturated carbocycles. The molecule has 1 aromatic carbocycles. The molecule has 0 saturated heterocycles. The Hall–Kier alpha value is -1.18. The summed E-state index contributed by atoms with van der Waals surface area (Å²) in [4.78, 5) is 1.87. The zero-order chi connectivity index (χ0) is 13.8. The van der Waals surface area contributed by atoms with Crippen molar-refractivity contribution in [2.24, 2.45) is 0 Å². The van der Waals surface area contributed by atoms with Crippen molar-refractivity contribution in [1.29, 1.82) is 0 Å². The highest BCUT2D eigenvalue weighted by molar-refractivity contribution is 7.89. The molecule has 1 aromatic rings. The zero-order valence-electron chi connectivity index (χ0n) is 10.5. The monoisotopic (exact) mass is 275 g/mol. The number of nitrogens with one attached hydrogen (secondary N) is 1. The highest BCUT2D eigenvalue weighted by Crippen LogP contribution is 2.18. The fourth-order valence-electron chi connectivity index (χ4n) is 1.44. The van der Waals surface area contributed by atoms with E-state index in [2.05, 4.69) is 4.72 Å². The van der Waals surface area contributed by atoms with E-state index in [9.17, 15) is 12.8 Å². The lowest BCUT2D eigenvalue weighted by Crippen LogP contribution is -2.28. The van der Waals surface area contributed by atoms with Gasteiger partial charge in [0.1, 0.15) is 10.7 Å². The van der Waals surface area contributed by atoms with Crippen LogP contribution in [0.2, 0.25) is 0 Å². The quantitative estimate of drug-likeness (QED) is 0.590. The third kappa shape index (κ3) is 4.25. The molecule has 0 heterocycles. The van der Waals surface area contributed by atoms with Crippen LogP contribution in [-0.2, 0) is 10.0 Å². The fraction of sp³-hybridized carbons (Fsp3) is 0.455. The third-order valence-corrected chi connectivity index (χ3v) is 3.87. The first-order chi connectivity index (χ1) is 8.33. The molecule has 7 heteroatoms. The Morgan fingerprint density at radius 1 is 1.39 bits per heavy atom. The number of sulfonamides is 1. The zero-order valence-corrected chi connectivity index (χ0v) is 11.3. The van der Waals surface area contributed by atoms with Crippen molar-refractivity contribution in [3.63, 3.8) is 0 Å². The van der Waals surface area contributed by atoms with Gasteiger partial charge in [-0.1, -0.05) is 0 Å². The first kappa shape index (κ1) is 14.9. The Bertz CT molecular complexity index is 503. The summed E-state index contributed by atoms with van der Waals surface area (Å²) in [5.41, 5.74) is 5.40. The molecule has 0 fully saturated rings. The maximum absolute atomic E-state index is 12.8. The van der Waals surface area contributed by atoms with Gasteiger partial charge in [0, 0.05) is 6.54 Å². The number of hydrogen-bond acceptors (Lipinski definition) is 4. The molecule has 0 bridgehead atoms. The van der Waals surface area contributed by atoms with Crippen molar-refractivity contribution in [3.05, 3.63) is 24.0 Å². The molecular formula is C11H18FN3O2S. The molecule has 18 heavy (non-hydrogen) atoms. The second kappa shape index (κ2) is 6.12. The molecule has 0 aromatic heterocycles. The van der Waals surface area contributed by atoms with Gasteiger partial charge in [0.05, 0.1) is 5.69 Å². The van der Waals surface area contributed by atoms with Crippen molar-refractivity contribution >= 4 is 15.7 Å². The van der Waals surface area contributed by atoms with Gasteiger partial charge in [0.25, 0.3) is 0 Å². The molecule has 0 spiro atoms. The van der Waals surface area contributed by atoms with Crippen LogP contribution in [0.1, 0.15) is 6.42 Å². The number of rotatable bonds is 6. The molecule has 0 unspecified atom stereocenters. The van der Waals surface area contributed by atoms with E-state index in [1.807, 2.05) is 19.0 Å². The van der Waals surface area contributed by atoms with E-state index in [-0.39, 0.29) is 10.6 Å². The SMILES string of the molecule is CN(C)CCCNS(=O)(=O)c1ccc(F)cc1N. The summed E-state index contributed by atoms with van der Waals surface area (Å²) in [5.74, 6) is -0.556. The standard InChI is InChI=1S/C11H18FN3O2S/c1-15(2)7-3-6-14-18(16,17)11-5-4-9(12)8-10(11)13/h4-5,8,14H,3,6-7,13H2,1-2H3. The Morgan fingerprint density at radius 3 is 2.61 bits per heavy atom. The smallest absolute Gasteiger partial charge is 0.242 e. The van der Waals surface area contributed by atoms with E-state index >= 15 is 0 Å². The van der Waals surface area contributed by atoms with Crippen LogP contribution >= 0.6 is 0 Å². The first-order valence-corrected chi connectivity index (χ1v) is 7.00. The van der Waals surface area contributed by atoms with Gasteiger partial charge in [-0.05, 0) is 45.3 Å². The number of nitrogen functional groups attached to an aromatic ring is 1. The van der Waals surface area contributed by atoms with Crippen molar-refractivity contribution in [1.82, 2.24) is 9.62 Å². The van der Waals surface area contributed by atoms with Crippen molar-refractivity contribution in [2.75, 3.05) is 32.9 Å². The normalized spacial score (nSPS) is 12.0. The maximum Gasteiger partial charge on any atom is 0.242 e. The van der Waals surface area contributed by atoms with E-state index in [4.69, 9.17) is 5.73 Å². The topological polar surface area (TPSA) is 75.4 Å². The summed E-state index contributed by atoms with van der Waals surface area (Å²) in [5, 5.41) is 0. The van der Waals surface area contributed by atoms with E-state index in [1.165, 1.54) is 6.07 Å². The fourth-order valence-corrected chi connectivity index (χ4v) is 2.63. The Morgan fingerprint density at radius 2 is 2.06 bits per heavy atom. The van der Waals surface area contributed by atoms with Gasteiger partial charge in [0.15, 0.2) is 0 Å². The number of benzene rings is 1. The maximum atomic E-state index is 12.8. The minimum Gasteiger partial charge on any atom is -0.398 e. The van der Waals surface area contributed by atoms with Crippen molar-refractivity contribution in [3.8, 4) is 0 Å². The van der Waals surface area contributed by atoms with Crippen LogP contribution in [-0.4, -0.2) is 40.5 Å². The third-order valence-electron chi connectivity index (χ3n) is 2.34. The summed E-state index contributed by atoms with van der Waals surface area (Å²) in [6.45, 7) is 1.10. The van der Waals surface area contributed by atoms with Crippen LogP contribution < -0.4 is 10.5 Å². The average Bonchev–Trinajstić information content (AvgIpc) is 2.23. The van der Waals surface area contributed by atoms with Crippen LogP contribution in [0.3, 0.4) is 0 Å². The largest absolute Gasteiger partial charge is 0.398 e. The molecule has 0 aliphatic heterocycles. The second-order valence-corrected chi connectivity index (χ2v) is 5.97. The molecule has 5 nitrogen and oxygen atoms in total. The molecule has 102 valence electrons. The van der Waals surface area contributed by atoms with Gasteiger partial charge in [-0.15, -0.1) is 0 Å². The molecule has 0 radical (unpaired) electrons. The van der Waals surface area contributed by atoms with Gasteiger partial charge in [0.2, 0.25) is 10.0 Å². The van der Waals surface area contributed by atoms with Gasteiger partial charge in [-0.25, -0.2) is 17.5 Å². The minimum atomic E-state index is -3.67. The highest BCUT2D eigenvalue weighted by atomic mass is 32.2. The van der Waals surface area contributed by atoms with E-state index in [1.54, 1.807) is 0 Å². The van der Waals surface area contributed by atoms with Gasteiger partial charge in [-0.2, -0.15) is 0 Å². The predicted molar refractivity (Wildman–Crippen MR) is 69.2 cm³/mol. The lowest BCUT2D eigenvalue weighted by Gasteiger charge is -2.11. The molecule has 3 N–H and O–H groups in total. The molecule has 0 aliphatic rings. The summed E-state index contributed by atoms with van der Waals surface area (Å²) < 4.78 is 39.0. The molecule has 1 rings (SSSR count). The first-order valence-electron chi connectivity index (χ1n) is 5.52. The second-order valence-electron chi connectivity index (χ2n) is 4.24. The number of nitrogens with zero attached hydrogens (tertiary/aromatic N) is 1. The van der Waals surface area contributed by atoms with Crippen LogP contribution in [0.5, 0.6) is 0 Å². The van der Waals surface area contributed by atoms with Crippen molar-refractivity contribution < 1.29 is 12.8 Å². The Balaban J connectivity index is 2.69. The summed E-state index contributed by atoms with van der Waals surface area (Å²) >= 11 is 0. The summed E-state index contributed by atoms with van der Waals surface area (Å²) in [6, 6.07) is 3.23. The number of nitrogens with two attached hydrogens (primary N) is 1. The number of hydrogen-bond donors (Lipinski definition) is 2. The summed E-state index contributed by atoms with van der Waals surface area (Å²) in [7, 11) is 0.153. The van der Waals surface area contributed by atoms with Gasteiger partial charge < -0.3 is 10.6 Å². The van der Waals surface area contributed by atoms with E-state index in [0.29, 0.717) is 13.0 Å². The van der Waals surface area contributed by atoms with Crippen LogP contribution in [0.15, 0.2) is 23.1 Å². The van der Waals surface area contributed by atoms with E-state index < -0.39 is 15.8 Å². The van der Waals surface area contributed by atoms with Gasteiger partial charge in [-0.3, -0.25) is 0 Å². The van der Waals surface area contributed by atoms with Crippen LogP contribution in [0, 0.1) is 5.82 Å². The number of anilines is 1. The molecule has 0 aliphatic carbocycles. The van der Waals surface area contributed by atoms with Crippen LogP contribution in [0.25, 0.3) is 0 Å². The van der Waals surface area contributed by atoms with E-state index in [0.717, 1.165) is 18.7 Å². The lowest BCUT2D eigenvalue weighted by molar-refractivity contribution is 0.400. The minimum absolute atomic E-state index is 0.0879. The number of halogens is 1. The molecular weight excluding hydrogens is 257 g/mol. The van der Waals surface area contributed by atoms with Crippen molar-refractivity contribution in [2.45, 2.75) is 11.3 Å². The Kier molecular flexibility index (Phi) is 5.06. The van der Waals surface area contributed by atoms with Gasteiger partial charge >= 0.3 is 0 Å². The summed E-state index contributed by atoms with van der Waals surface area (Å²) in [6.07, 6.45) is 0.688. The highest BCUT2D eigenvalue weighted by Gasteiger charge is 2.16. The Labute approximate surface area is 107 Å². The molecule has 0 atom stereocenters. The predicted octanol–water partition coefficient (Wildman–Crippen LogP) is 0.638. The average molecular weight is 275 g/mol.